The van der Waals surface area contributed by atoms with Crippen molar-refractivity contribution in [3.05, 3.63) is 23.7 Å². The quantitative estimate of drug-likeness (QED) is 0.757. The van der Waals surface area contributed by atoms with Gasteiger partial charge in [-0.3, -0.25) is 14.5 Å². The molecule has 2 atom stereocenters. The average Bonchev–Trinajstić information content (AvgIpc) is 3.36. The number of nitrogens with zero attached hydrogens (tertiary/aromatic N) is 2. The Hall–Kier alpha value is -2.11. The summed E-state index contributed by atoms with van der Waals surface area (Å²) in [6.45, 7) is 7.42. The molecular weight excluding hydrogens is 421 g/mol. The number of hydroxylamine groups is 2. The predicted octanol–water partition coefficient (Wildman–Crippen LogP) is 2.61. The molecule has 1 aromatic rings. The fraction of sp³-hybridized carbons (Fsp3) is 0.700. The molecular formula is C20H27F3N2O6. The Labute approximate surface area is 177 Å². The van der Waals surface area contributed by atoms with E-state index in [4.69, 9.17) is 23.9 Å². The second-order valence-corrected chi connectivity index (χ2v) is 8.27. The standard InChI is InChI=1S/C18H26N2O4.C2HF3O2/c1-14-4-5-16(24-14)10-19-9-15-11-22-13-18(15,12-19)8-17(21)20-6-2-3-7-23-20;3-2(4,5)1(6)7/h4-5,15H,2-3,6-13H2,1H3;(H,6,7)/t15-,18+;/m1./s1. The van der Waals surface area contributed by atoms with E-state index in [2.05, 4.69) is 4.90 Å². The maximum absolute atomic E-state index is 12.7. The van der Waals surface area contributed by atoms with Gasteiger partial charge in [-0.2, -0.15) is 13.2 Å². The van der Waals surface area contributed by atoms with E-state index in [1.54, 1.807) is 5.06 Å². The SMILES string of the molecule is Cc1ccc(CN2C[C@@H]3COC[C@]3(CC(=O)N3CCCCO3)C2)o1.O=C(O)C(F)(F)F. The van der Waals surface area contributed by atoms with Crippen LogP contribution in [0.5, 0.6) is 0 Å². The number of ether oxygens (including phenoxy) is 1. The number of carbonyl (C=O) groups is 2. The van der Waals surface area contributed by atoms with Crippen molar-refractivity contribution in [2.24, 2.45) is 11.3 Å². The number of alkyl halides is 3. The molecule has 3 saturated heterocycles. The van der Waals surface area contributed by atoms with Gasteiger partial charge >= 0.3 is 12.1 Å². The van der Waals surface area contributed by atoms with Crippen LogP contribution >= 0.6 is 0 Å². The number of furan rings is 1. The zero-order valence-corrected chi connectivity index (χ0v) is 17.3. The van der Waals surface area contributed by atoms with Crippen LogP contribution in [-0.2, 0) is 25.7 Å². The first-order chi connectivity index (χ1) is 14.6. The van der Waals surface area contributed by atoms with Gasteiger partial charge in [0.2, 0.25) is 5.91 Å². The van der Waals surface area contributed by atoms with Gasteiger partial charge in [0.1, 0.15) is 11.5 Å². The van der Waals surface area contributed by atoms with Crippen LogP contribution in [0.15, 0.2) is 16.5 Å². The molecule has 0 saturated carbocycles. The number of halogens is 3. The number of carboxylic acid groups (broad SMARTS) is 1. The first-order valence-corrected chi connectivity index (χ1v) is 10.2. The van der Waals surface area contributed by atoms with Crippen LogP contribution in [0.2, 0.25) is 0 Å². The van der Waals surface area contributed by atoms with Gasteiger partial charge in [0, 0.05) is 37.4 Å². The number of fused-ring (bicyclic) bond motifs is 1. The number of amides is 1. The van der Waals surface area contributed by atoms with Crippen LogP contribution in [0, 0.1) is 18.3 Å². The molecule has 1 aromatic heterocycles. The zero-order chi connectivity index (χ0) is 22.6. The summed E-state index contributed by atoms with van der Waals surface area (Å²) in [5.41, 5.74) is -0.0699. The number of carboxylic acids is 1. The minimum atomic E-state index is -5.08. The Kier molecular flexibility index (Phi) is 7.28. The highest BCUT2D eigenvalue weighted by atomic mass is 19.4. The fourth-order valence-corrected chi connectivity index (χ4v) is 4.29. The second-order valence-electron chi connectivity index (χ2n) is 8.27. The van der Waals surface area contributed by atoms with Crippen LogP contribution < -0.4 is 0 Å². The Bertz CT molecular complexity index is 777. The van der Waals surface area contributed by atoms with Crippen molar-refractivity contribution < 1.29 is 41.9 Å². The summed E-state index contributed by atoms with van der Waals surface area (Å²) in [6.07, 6.45) is -2.50. The number of hydrogen-bond acceptors (Lipinski definition) is 6. The Balaban J connectivity index is 0.000000339. The summed E-state index contributed by atoms with van der Waals surface area (Å²) < 4.78 is 43.2. The van der Waals surface area contributed by atoms with Crippen molar-refractivity contribution >= 4 is 11.9 Å². The highest BCUT2D eigenvalue weighted by Gasteiger charge is 2.52. The Morgan fingerprint density at radius 3 is 2.61 bits per heavy atom. The predicted molar refractivity (Wildman–Crippen MR) is 101 cm³/mol. The van der Waals surface area contributed by atoms with Gasteiger partial charge < -0.3 is 14.3 Å². The van der Waals surface area contributed by atoms with E-state index in [9.17, 15) is 18.0 Å². The third kappa shape index (κ3) is 5.98. The first kappa shape index (κ1) is 23.6. The summed E-state index contributed by atoms with van der Waals surface area (Å²) in [5, 5.41) is 8.70. The van der Waals surface area contributed by atoms with Crippen LogP contribution in [0.1, 0.15) is 30.8 Å². The average molecular weight is 448 g/mol. The molecule has 3 fully saturated rings. The van der Waals surface area contributed by atoms with Crippen LogP contribution in [0.25, 0.3) is 0 Å². The van der Waals surface area contributed by atoms with Gasteiger partial charge in [0.25, 0.3) is 0 Å². The minimum absolute atomic E-state index is 0.0699. The zero-order valence-electron chi connectivity index (χ0n) is 17.3. The molecule has 0 bridgehead atoms. The molecule has 1 amide bonds. The molecule has 0 aromatic carbocycles. The molecule has 174 valence electrons. The van der Waals surface area contributed by atoms with Gasteiger partial charge in [-0.1, -0.05) is 0 Å². The Morgan fingerprint density at radius 2 is 2.03 bits per heavy atom. The monoisotopic (exact) mass is 448 g/mol. The lowest BCUT2D eigenvalue weighted by Crippen LogP contribution is -2.41. The van der Waals surface area contributed by atoms with E-state index in [1.165, 1.54) is 0 Å². The van der Waals surface area contributed by atoms with Crippen molar-refractivity contribution in [3.8, 4) is 0 Å². The Morgan fingerprint density at radius 1 is 1.29 bits per heavy atom. The van der Waals surface area contributed by atoms with Crippen molar-refractivity contribution in [1.29, 1.82) is 0 Å². The number of hydrogen-bond donors (Lipinski definition) is 1. The lowest BCUT2D eigenvalue weighted by atomic mass is 9.78. The molecule has 1 N–H and O–H groups in total. The largest absolute Gasteiger partial charge is 0.490 e. The summed E-state index contributed by atoms with van der Waals surface area (Å²) in [4.78, 5) is 29.5. The van der Waals surface area contributed by atoms with Crippen molar-refractivity contribution in [3.63, 3.8) is 0 Å². The normalized spacial score (nSPS) is 26.3. The van der Waals surface area contributed by atoms with Crippen LogP contribution in [-0.4, -0.2) is 72.6 Å². The smallest absolute Gasteiger partial charge is 0.475 e. The summed E-state index contributed by atoms with van der Waals surface area (Å²) in [6, 6.07) is 4.04. The van der Waals surface area contributed by atoms with E-state index in [0.29, 0.717) is 25.6 Å². The molecule has 31 heavy (non-hydrogen) atoms. The highest BCUT2D eigenvalue weighted by molar-refractivity contribution is 5.76. The van der Waals surface area contributed by atoms with Crippen LogP contribution in [0.4, 0.5) is 13.2 Å². The van der Waals surface area contributed by atoms with Crippen molar-refractivity contribution in [2.75, 3.05) is 39.5 Å². The number of aryl methyl sites for hydroxylation is 1. The topological polar surface area (TPSA) is 92.5 Å². The van der Waals surface area contributed by atoms with Crippen LogP contribution in [0.3, 0.4) is 0 Å². The fourth-order valence-electron chi connectivity index (χ4n) is 4.29. The molecule has 3 aliphatic heterocycles. The van der Waals surface area contributed by atoms with Gasteiger partial charge in [0.05, 0.1) is 26.4 Å². The van der Waals surface area contributed by atoms with E-state index in [0.717, 1.165) is 57.1 Å². The van der Waals surface area contributed by atoms with Gasteiger partial charge in [-0.15, -0.1) is 0 Å². The molecule has 0 spiro atoms. The van der Waals surface area contributed by atoms with E-state index >= 15 is 0 Å². The molecule has 4 rings (SSSR count). The summed E-state index contributed by atoms with van der Waals surface area (Å²) >= 11 is 0. The van der Waals surface area contributed by atoms with E-state index < -0.39 is 12.1 Å². The van der Waals surface area contributed by atoms with E-state index in [1.807, 2.05) is 19.1 Å². The summed E-state index contributed by atoms with van der Waals surface area (Å²) in [5.74, 6) is -0.287. The summed E-state index contributed by atoms with van der Waals surface area (Å²) in [7, 11) is 0. The van der Waals surface area contributed by atoms with Gasteiger partial charge in [-0.25, -0.2) is 9.86 Å². The maximum atomic E-state index is 12.7. The number of likely N-dealkylation sites (tertiary alicyclic amines) is 1. The number of carbonyl (C=O) groups excluding carboxylic acids is 1. The molecule has 4 heterocycles. The molecule has 11 heteroatoms. The number of rotatable bonds is 4. The lowest BCUT2D eigenvalue weighted by molar-refractivity contribution is -0.199. The molecule has 0 aliphatic carbocycles. The van der Waals surface area contributed by atoms with Gasteiger partial charge in [-0.05, 0) is 31.9 Å². The molecule has 8 nitrogen and oxygen atoms in total. The molecule has 3 aliphatic rings. The maximum Gasteiger partial charge on any atom is 0.490 e. The molecule has 0 unspecified atom stereocenters. The van der Waals surface area contributed by atoms with E-state index in [-0.39, 0.29) is 11.3 Å². The lowest BCUT2D eigenvalue weighted by Gasteiger charge is -2.31. The van der Waals surface area contributed by atoms with Crippen molar-refractivity contribution in [1.82, 2.24) is 9.96 Å². The minimum Gasteiger partial charge on any atom is -0.475 e. The van der Waals surface area contributed by atoms with Gasteiger partial charge in [0.15, 0.2) is 0 Å². The van der Waals surface area contributed by atoms with Crippen molar-refractivity contribution in [2.45, 2.75) is 38.9 Å². The molecule has 0 radical (unpaired) electrons. The third-order valence-electron chi connectivity index (χ3n) is 5.79. The number of aliphatic carboxylic acids is 1. The second kappa shape index (κ2) is 9.58. The third-order valence-corrected chi connectivity index (χ3v) is 5.79. The highest BCUT2D eigenvalue weighted by Crippen LogP contribution is 2.45. The first-order valence-electron chi connectivity index (χ1n) is 10.2.